The Bertz CT molecular complexity index is 1020. The molecule has 2 aromatic heterocycles. The molecule has 0 atom stereocenters. The van der Waals surface area contributed by atoms with Gasteiger partial charge >= 0.3 is 0 Å². The fourth-order valence-electron chi connectivity index (χ4n) is 2.58. The maximum absolute atomic E-state index is 12.2. The highest BCUT2D eigenvalue weighted by Crippen LogP contribution is 2.19. The van der Waals surface area contributed by atoms with Gasteiger partial charge in [-0.2, -0.15) is 5.10 Å². The highest BCUT2D eigenvalue weighted by atomic mass is 35.5. The molecule has 1 N–H and O–H groups in total. The molecule has 0 aliphatic carbocycles. The molecule has 0 saturated carbocycles. The number of pyridine rings is 1. The van der Waals surface area contributed by atoms with Crippen molar-refractivity contribution in [1.82, 2.24) is 20.1 Å². The Balaban J connectivity index is 1.67. The van der Waals surface area contributed by atoms with Gasteiger partial charge in [-0.1, -0.05) is 11.6 Å². The Morgan fingerprint density at radius 1 is 1.18 bits per heavy atom. The first-order chi connectivity index (χ1) is 13.6. The van der Waals surface area contributed by atoms with Crippen LogP contribution in [0, 0.1) is 0 Å². The molecule has 1 amide bonds. The van der Waals surface area contributed by atoms with Gasteiger partial charge in [-0.25, -0.2) is 9.67 Å². The molecule has 144 valence electrons. The quantitative estimate of drug-likeness (QED) is 0.618. The Morgan fingerprint density at radius 2 is 1.96 bits per heavy atom. The molecule has 28 heavy (non-hydrogen) atoms. The van der Waals surface area contributed by atoms with E-state index < -0.39 is 0 Å². The minimum atomic E-state index is -0.353. The number of hydrogen-bond donors (Lipinski definition) is 1. The number of carbonyl (C=O) groups excluding carboxylic acids is 1. The number of amides is 1. The zero-order chi connectivity index (χ0) is 19.9. The summed E-state index contributed by atoms with van der Waals surface area (Å²) in [5.41, 5.74) is 1.56. The van der Waals surface area contributed by atoms with Crippen LogP contribution in [0.15, 0.2) is 59.5 Å². The van der Waals surface area contributed by atoms with Gasteiger partial charge in [0.2, 0.25) is 0 Å². The first-order valence-electron chi connectivity index (χ1n) is 8.78. The van der Waals surface area contributed by atoms with Crippen molar-refractivity contribution in [3.8, 4) is 17.0 Å². The maximum Gasteiger partial charge on any atom is 0.266 e. The first kappa shape index (κ1) is 19.6. The van der Waals surface area contributed by atoms with Crippen LogP contribution >= 0.6 is 11.6 Å². The number of carbonyl (C=O) groups is 1. The van der Waals surface area contributed by atoms with Gasteiger partial charge in [0.05, 0.1) is 24.4 Å². The average Bonchev–Trinajstić information content (AvgIpc) is 2.70. The fourth-order valence-corrected chi connectivity index (χ4v) is 2.78. The largest absolute Gasteiger partial charge is 0.494 e. The molecule has 8 heteroatoms. The summed E-state index contributed by atoms with van der Waals surface area (Å²) in [6.07, 6.45) is 1.51. The first-order valence-corrected chi connectivity index (χ1v) is 9.16. The Hall–Kier alpha value is -3.19. The molecule has 0 aliphatic heterocycles. The van der Waals surface area contributed by atoms with Crippen LogP contribution < -0.4 is 15.6 Å². The van der Waals surface area contributed by atoms with Crippen LogP contribution in [-0.4, -0.2) is 33.8 Å². The van der Waals surface area contributed by atoms with Gasteiger partial charge in [-0.3, -0.25) is 9.59 Å². The molecule has 0 radical (unpaired) electrons. The second-order valence-corrected chi connectivity index (χ2v) is 6.19. The number of hydrogen-bond acceptors (Lipinski definition) is 5. The van der Waals surface area contributed by atoms with Crippen molar-refractivity contribution >= 4 is 17.5 Å². The Morgan fingerprint density at radius 3 is 2.68 bits per heavy atom. The molecule has 0 bridgehead atoms. The van der Waals surface area contributed by atoms with E-state index >= 15 is 0 Å². The van der Waals surface area contributed by atoms with Crippen molar-refractivity contribution in [2.24, 2.45) is 0 Å². The van der Waals surface area contributed by atoms with Crippen LogP contribution in [0.1, 0.15) is 17.3 Å². The van der Waals surface area contributed by atoms with E-state index in [0.29, 0.717) is 12.3 Å². The van der Waals surface area contributed by atoms with Crippen molar-refractivity contribution < 1.29 is 9.53 Å². The Kier molecular flexibility index (Phi) is 6.39. The zero-order valence-electron chi connectivity index (χ0n) is 15.3. The van der Waals surface area contributed by atoms with E-state index in [1.54, 1.807) is 18.2 Å². The van der Waals surface area contributed by atoms with Crippen molar-refractivity contribution in [2.75, 3.05) is 13.2 Å². The molecular weight excluding hydrogens is 380 g/mol. The summed E-state index contributed by atoms with van der Waals surface area (Å²) < 4.78 is 6.75. The number of benzene rings is 1. The smallest absolute Gasteiger partial charge is 0.266 e. The van der Waals surface area contributed by atoms with Crippen LogP contribution in [0.3, 0.4) is 0 Å². The molecule has 0 aliphatic rings. The third-order valence-electron chi connectivity index (χ3n) is 3.94. The standard InChI is InChI=1S/C20H19ClN4O3/c1-2-28-15-7-5-14(6-8-15)17-9-10-18(26)25(24-17)13-12-23-20(27)16-4-3-11-22-19(16)21/h3-11H,2,12-13H2,1H3,(H,23,27). The molecule has 7 nitrogen and oxygen atoms in total. The summed E-state index contributed by atoms with van der Waals surface area (Å²) in [4.78, 5) is 28.1. The summed E-state index contributed by atoms with van der Waals surface area (Å²) in [5, 5.41) is 7.23. The minimum absolute atomic E-state index is 0.132. The minimum Gasteiger partial charge on any atom is -0.494 e. The molecule has 3 rings (SSSR count). The van der Waals surface area contributed by atoms with Crippen LogP contribution in [0.5, 0.6) is 5.75 Å². The maximum atomic E-state index is 12.2. The highest BCUT2D eigenvalue weighted by molar-refractivity contribution is 6.32. The van der Waals surface area contributed by atoms with Gasteiger partial charge in [-0.05, 0) is 49.4 Å². The van der Waals surface area contributed by atoms with E-state index in [1.165, 1.54) is 16.9 Å². The second kappa shape index (κ2) is 9.14. The lowest BCUT2D eigenvalue weighted by molar-refractivity contribution is 0.0951. The van der Waals surface area contributed by atoms with E-state index in [4.69, 9.17) is 16.3 Å². The van der Waals surface area contributed by atoms with Crippen molar-refractivity contribution in [3.05, 3.63) is 75.8 Å². The number of aromatic nitrogens is 3. The summed E-state index contributed by atoms with van der Waals surface area (Å²) in [6, 6.07) is 13.8. The topological polar surface area (TPSA) is 86.1 Å². The van der Waals surface area contributed by atoms with Crippen molar-refractivity contribution in [2.45, 2.75) is 13.5 Å². The average molecular weight is 399 g/mol. The van der Waals surface area contributed by atoms with E-state index in [1.807, 2.05) is 31.2 Å². The van der Waals surface area contributed by atoms with Gasteiger partial charge in [0.25, 0.3) is 11.5 Å². The van der Waals surface area contributed by atoms with E-state index in [9.17, 15) is 9.59 Å². The van der Waals surface area contributed by atoms with Gasteiger partial charge in [0.15, 0.2) is 0 Å². The Labute approximate surface area is 166 Å². The summed E-state index contributed by atoms with van der Waals surface area (Å²) in [6.45, 7) is 2.97. The lowest BCUT2D eigenvalue weighted by Crippen LogP contribution is -2.32. The lowest BCUT2D eigenvalue weighted by atomic mass is 10.1. The van der Waals surface area contributed by atoms with Gasteiger partial charge in [0.1, 0.15) is 10.9 Å². The predicted molar refractivity (Wildman–Crippen MR) is 107 cm³/mol. The number of halogens is 1. The molecular formula is C20H19ClN4O3. The molecule has 0 fully saturated rings. The third kappa shape index (κ3) is 4.75. The monoisotopic (exact) mass is 398 g/mol. The normalized spacial score (nSPS) is 10.5. The third-order valence-corrected chi connectivity index (χ3v) is 4.24. The number of nitrogens with one attached hydrogen (secondary N) is 1. The summed E-state index contributed by atoms with van der Waals surface area (Å²) in [7, 11) is 0. The molecule has 0 unspecified atom stereocenters. The van der Waals surface area contributed by atoms with E-state index in [0.717, 1.165) is 11.3 Å². The van der Waals surface area contributed by atoms with E-state index in [-0.39, 0.29) is 35.3 Å². The number of nitrogens with zero attached hydrogens (tertiary/aromatic N) is 3. The van der Waals surface area contributed by atoms with Gasteiger partial charge in [0, 0.05) is 24.4 Å². The molecule has 3 aromatic rings. The van der Waals surface area contributed by atoms with Gasteiger partial charge in [-0.15, -0.1) is 0 Å². The van der Waals surface area contributed by atoms with E-state index in [2.05, 4.69) is 15.4 Å². The SMILES string of the molecule is CCOc1ccc(-c2ccc(=O)n(CCNC(=O)c3cccnc3Cl)n2)cc1. The number of ether oxygens (including phenoxy) is 1. The van der Waals surface area contributed by atoms with Crippen LogP contribution in [0.4, 0.5) is 0 Å². The lowest BCUT2D eigenvalue weighted by Gasteiger charge is -2.09. The van der Waals surface area contributed by atoms with Crippen LogP contribution in [0.2, 0.25) is 5.15 Å². The molecule has 1 aromatic carbocycles. The summed E-state index contributed by atoms with van der Waals surface area (Å²) >= 11 is 5.91. The summed E-state index contributed by atoms with van der Waals surface area (Å²) in [5.74, 6) is 0.421. The number of rotatable bonds is 7. The predicted octanol–water partition coefficient (Wildman–Crippen LogP) is 2.79. The second-order valence-electron chi connectivity index (χ2n) is 5.84. The molecule has 0 saturated heterocycles. The van der Waals surface area contributed by atoms with Crippen LogP contribution in [-0.2, 0) is 6.54 Å². The zero-order valence-corrected chi connectivity index (χ0v) is 16.0. The highest BCUT2D eigenvalue weighted by Gasteiger charge is 2.10. The van der Waals surface area contributed by atoms with Crippen molar-refractivity contribution in [3.63, 3.8) is 0 Å². The van der Waals surface area contributed by atoms with Crippen molar-refractivity contribution in [1.29, 1.82) is 0 Å². The van der Waals surface area contributed by atoms with Crippen LogP contribution in [0.25, 0.3) is 11.3 Å². The van der Waals surface area contributed by atoms with Gasteiger partial charge < -0.3 is 10.1 Å². The molecule has 2 heterocycles. The molecule has 0 spiro atoms. The fraction of sp³-hybridized carbons (Fsp3) is 0.200.